The number of rotatable bonds is 6. The van der Waals surface area contributed by atoms with Crippen LogP contribution in [0.25, 0.3) is 0 Å². The van der Waals surface area contributed by atoms with Crippen molar-refractivity contribution < 1.29 is 0 Å². The van der Waals surface area contributed by atoms with Crippen LogP contribution in [0.1, 0.15) is 43.0 Å². The molecule has 0 fully saturated rings. The van der Waals surface area contributed by atoms with Gasteiger partial charge in [0.2, 0.25) is 0 Å². The van der Waals surface area contributed by atoms with E-state index in [0.717, 1.165) is 24.4 Å². The molecule has 2 aromatic carbocycles. The van der Waals surface area contributed by atoms with E-state index in [4.69, 9.17) is 11.6 Å². The molecule has 2 rings (SSSR count). The quantitative estimate of drug-likeness (QED) is 0.775. The number of halogens is 1. The summed E-state index contributed by atoms with van der Waals surface area (Å²) in [5.41, 5.74) is 4.01. The maximum absolute atomic E-state index is 5.91. The predicted octanol–water partition coefficient (Wildman–Crippen LogP) is 5.14. The maximum atomic E-state index is 5.91. The fourth-order valence-corrected chi connectivity index (χ4v) is 2.45. The van der Waals surface area contributed by atoms with Crippen LogP contribution < -0.4 is 5.32 Å². The Bertz CT molecular complexity index is 516. The van der Waals surface area contributed by atoms with Gasteiger partial charge in [0.25, 0.3) is 0 Å². The fourth-order valence-electron chi connectivity index (χ4n) is 2.33. The SMILES string of the molecule is CCc1ccc(C(CC)NCc2ccc(Cl)cc2)cc1. The zero-order chi connectivity index (χ0) is 14.4. The van der Waals surface area contributed by atoms with Crippen LogP contribution in [0.4, 0.5) is 0 Å². The van der Waals surface area contributed by atoms with Crippen LogP contribution in [0.3, 0.4) is 0 Å². The van der Waals surface area contributed by atoms with Crippen LogP contribution in [0, 0.1) is 0 Å². The molecular formula is C18H22ClN. The fraction of sp³-hybridized carbons (Fsp3) is 0.333. The maximum Gasteiger partial charge on any atom is 0.0406 e. The molecule has 20 heavy (non-hydrogen) atoms. The van der Waals surface area contributed by atoms with Gasteiger partial charge in [-0.2, -0.15) is 0 Å². The van der Waals surface area contributed by atoms with Crippen LogP contribution in [0.2, 0.25) is 5.02 Å². The molecule has 1 N–H and O–H groups in total. The van der Waals surface area contributed by atoms with E-state index in [1.54, 1.807) is 0 Å². The smallest absolute Gasteiger partial charge is 0.0406 e. The van der Waals surface area contributed by atoms with Crippen LogP contribution >= 0.6 is 11.6 Å². The van der Waals surface area contributed by atoms with Crippen molar-refractivity contribution in [1.29, 1.82) is 0 Å². The summed E-state index contributed by atoms with van der Waals surface area (Å²) in [5.74, 6) is 0. The van der Waals surface area contributed by atoms with Crippen molar-refractivity contribution in [3.63, 3.8) is 0 Å². The standard InChI is InChI=1S/C18H22ClN/c1-3-14-5-9-16(10-6-14)18(4-2)20-13-15-7-11-17(19)12-8-15/h5-12,18,20H,3-4,13H2,1-2H3. The molecule has 0 amide bonds. The first-order valence-electron chi connectivity index (χ1n) is 7.29. The molecular weight excluding hydrogens is 266 g/mol. The second-order valence-electron chi connectivity index (χ2n) is 5.06. The van der Waals surface area contributed by atoms with Gasteiger partial charge in [0.15, 0.2) is 0 Å². The zero-order valence-corrected chi connectivity index (χ0v) is 13.0. The molecule has 0 saturated carbocycles. The summed E-state index contributed by atoms with van der Waals surface area (Å²) < 4.78 is 0. The Kier molecular flexibility index (Phi) is 5.63. The largest absolute Gasteiger partial charge is 0.306 e. The first-order chi connectivity index (χ1) is 9.72. The van der Waals surface area contributed by atoms with E-state index in [1.807, 2.05) is 12.1 Å². The average molecular weight is 288 g/mol. The lowest BCUT2D eigenvalue weighted by atomic mass is 10.0. The number of hydrogen-bond donors (Lipinski definition) is 1. The molecule has 0 aliphatic rings. The Balaban J connectivity index is 1.99. The van der Waals surface area contributed by atoms with Crippen molar-refractivity contribution in [3.8, 4) is 0 Å². The van der Waals surface area contributed by atoms with Gasteiger partial charge < -0.3 is 5.32 Å². The van der Waals surface area contributed by atoms with Crippen molar-refractivity contribution >= 4 is 11.6 Å². The summed E-state index contributed by atoms with van der Waals surface area (Å²) in [6.07, 6.45) is 2.17. The predicted molar refractivity (Wildman–Crippen MR) is 87.1 cm³/mol. The van der Waals surface area contributed by atoms with Gasteiger partial charge in [-0.05, 0) is 41.7 Å². The van der Waals surface area contributed by atoms with Crippen LogP contribution in [0.5, 0.6) is 0 Å². The number of aryl methyl sites for hydroxylation is 1. The van der Waals surface area contributed by atoms with Gasteiger partial charge in [0.05, 0.1) is 0 Å². The van der Waals surface area contributed by atoms with Crippen molar-refractivity contribution in [2.75, 3.05) is 0 Å². The molecule has 106 valence electrons. The van der Waals surface area contributed by atoms with E-state index in [9.17, 15) is 0 Å². The van der Waals surface area contributed by atoms with E-state index >= 15 is 0 Å². The molecule has 1 unspecified atom stereocenters. The summed E-state index contributed by atoms with van der Waals surface area (Å²) in [4.78, 5) is 0. The average Bonchev–Trinajstić information content (AvgIpc) is 2.50. The summed E-state index contributed by atoms with van der Waals surface area (Å²) in [7, 11) is 0. The van der Waals surface area contributed by atoms with Gasteiger partial charge in [0.1, 0.15) is 0 Å². The zero-order valence-electron chi connectivity index (χ0n) is 12.2. The molecule has 0 radical (unpaired) electrons. The van der Waals surface area contributed by atoms with Gasteiger partial charge >= 0.3 is 0 Å². The second kappa shape index (κ2) is 7.47. The molecule has 0 spiro atoms. The Morgan fingerprint density at radius 1 is 0.900 bits per heavy atom. The molecule has 2 heteroatoms. The molecule has 0 aliphatic heterocycles. The van der Waals surface area contributed by atoms with Gasteiger partial charge in [-0.1, -0.05) is 61.8 Å². The van der Waals surface area contributed by atoms with Gasteiger partial charge in [-0.3, -0.25) is 0 Å². The molecule has 2 aromatic rings. The van der Waals surface area contributed by atoms with E-state index in [2.05, 4.69) is 55.6 Å². The van der Waals surface area contributed by atoms with Crippen LogP contribution in [-0.2, 0) is 13.0 Å². The molecule has 0 bridgehead atoms. The lowest BCUT2D eigenvalue weighted by Crippen LogP contribution is -2.20. The third-order valence-electron chi connectivity index (χ3n) is 3.66. The molecule has 0 heterocycles. The molecule has 1 atom stereocenters. The summed E-state index contributed by atoms with van der Waals surface area (Å²) in [6.45, 7) is 5.27. The van der Waals surface area contributed by atoms with E-state index in [0.29, 0.717) is 6.04 Å². The van der Waals surface area contributed by atoms with Gasteiger partial charge in [-0.25, -0.2) is 0 Å². The van der Waals surface area contributed by atoms with E-state index in [-0.39, 0.29) is 0 Å². The summed E-state index contributed by atoms with van der Waals surface area (Å²) in [5, 5.41) is 4.40. The molecule has 0 aromatic heterocycles. The highest BCUT2D eigenvalue weighted by Gasteiger charge is 2.08. The summed E-state index contributed by atoms with van der Waals surface area (Å²) >= 11 is 5.91. The van der Waals surface area contributed by atoms with Crippen molar-refractivity contribution in [1.82, 2.24) is 5.32 Å². The minimum absolute atomic E-state index is 0.400. The number of benzene rings is 2. The normalized spacial score (nSPS) is 12.3. The molecule has 0 saturated heterocycles. The summed E-state index contributed by atoms with van der Waals surface area (Å²) in [6, 6.07) is 17.3. The highest BCUT2D eigenvalue weighted by Crippen LogP contribution is 2.18. The molecule has 0 aliphatic carbocycles. The van der Waals surface area contributed by atoms with E-state index in [1.165, 1.54) is 16.7 Å². The topological polar surface area (TPSA) is 12.0 Å². The minimum atomic E-state index is 0.400. The first kappa shape index (κ1) is 15.1. The Labute approximate surface area is 127 Å². The molecule has 1 nitrogen and oxygen atoms in total. The van der Waals surface area contributed by atoms with Crippen molar-refractivity contribution in [2.24, 2.45) is 0 Å². The van der Waals surface area contributed by atoms with Crippen molar-refractivity contribution in [2.45, 2.75) is 39.3 Å². The van der Waals surface area contributed by atoms with E-state index < -0.39 is 0 Å². The Morgan fingerprint density at radius 2 is 1.50 bits per heavy atom. The first-order valence-corrected chi connectivity index (χ1v) is 7.67. The number of nitrogens with one attached hydrogen (secondary N) is 1. The van der Waals surface area contributed by atoms with Gasteiger partial charge in [0, 0.05) is 17.6 Å². The Morgan fingerprint density at radius 3 is 2.05 bits per heavy atom. The lowest BCUT2D eigenvalue weighted by Gasteiger charge is -2.18. The Hall–Kier alpha value is -1.31. The lowest BCUT2D eigenvalue weighted by molar-refractivity contribution is 0.519. The highest BCUT2D eigenvalue weighted by atomic mass is 35.5. The van der Waals surface area contributed by atoms with Crippen molar-refractivity contribution in [3.05, 3.63) is 70.2 Å². The monoisotopic (exact) mass is 287 g/mol. The second-order valence-corrected chi connectivity index (χ2v) is 5.50. The van der Waals surface area contributed by atoms with Gasteiger partial charge in [-0.15, -0.1) is 0 Å². The minimum Gasteiger partial charge on any atom is -0.306 e. The third-order valence-corrected chi connectivity index (χ3v) is 3.92. The van der Waals surface area contributed by atoms with Crippen LogP contribution in [0.15, 0.2) is 48.5 Å². The number of hydrogen-bond acceptors (Lipinski definition) is 1. The van der Waals surface area contributed by atoms with Crippen LogP contribution in [-0.4, -0.2) is 0 Å². The highest BCUT2D eigenvalue weighted by molar-refractivity contribution is 6.30. The third kappa shape index (κ3) is 4.09.